The Morgan fingerprint density at radius 1 is 1.41 bits per heavy atom. The minimum atomic E-state index is -0.0171. The van der Waals surface area contributed by atoms with Crippen molar-refractivity contribution in [2.75, 3.05) is 5.32 Å². The molecule has 0 aliphatic rings. The van der Waals surface area contributed by atoms with Gasteiger partial charge in [-0.05, 0) is 30.2 Å². The van der Waals surface area contributed by atoms with Crippen molar-refractivity contribution in [3.05, 3.63) is 29.8 Å². The Hall–Kier alpha value is -2.04. The van der Waals surface area contributed by atoms with Crippen LogP contribution < -0.4 is 11.1 Å². The second kappa shape index (κ2) is 5.89. The van der Waals surface area contributed by atoms with E-state index in [1.54, 1.807) is 24.3 Å². The number of anilines is 1. The minimum absolute atomic E-state index is 0.0171. The van der Waals surface area contributed by atoms with Gasteiger partial charge in [0.25, 0.3) is 0 Å². The first kappa shape index (κ1) is 13.0. The van der Waals surface area contributed by atoms with Crippen LogP contribution in [0, 0.1) is 5.92 Å². The molecule has 0 aliphatic carbocycles. The first-order valence-corrected chi connectivity index (χ1v) is 5.40. The van der Waals surface area contributed by atoms with E-state index in [0.29, 0.717) is 23.6 Å². The molecule has 0 fully saturated rings. The van der Waals surface area contributed by atoms with E-state index < -0.39 is 0 Å². The van der Waals surface area contributed by atoms with Gasteiger partial charge in [0.05, 0.1) is 0 Å². The third-order valence-corrected chi connectivity index (χ3v) is 2.17. The molecule has 0 aliphatic heterocycles. The molecule has 5 nitrogen and oxygen atoms in total. The number of hydrogen-bond acceptors (Lipinski definition) is 3. The van der Waals surface area contributed by atoms with Crippen molar-refractivity contribution in [3.63, 3.8) is 0 Å². The van der Waals surface area contributed by atoms with Crippen LogP contribution in [0.15, 0.2) is 29.4 Å². The minimum Gasteiger partial charge on any atom is -0.409 e. The number of nitrogens with one attached hydrogen (secondary N) is 1. The number of nitrogens with two attached hydrogens (primary N) is 1. The highest BCUT2D eigenvalue weighted by atomic mass is 16.4. The van der Waals surface area contributed by atoms with Crippen molar-refractivity contribution in [1.82, 2.24) is 0 Å². The van der Waals surface area contributed by atoms with E-state index in [-0.39, 0.29) is 11.7 Å². The quantitative estimate of drug-likeness (QED) is 0.321. The van der Waals surface area contributed by atoms with E-state index in [1.165, 1.54) is 0 Å². The zero-order valence-electron chi connectivity index (χ0n) is 9.97. The molecule has 92 valence electrons. The highest BCUT2D eigenvalue weighted by Gasteiger charge is 2.05. The number of carbonyl (C=O) groups excluding carboxylic acids is 1. The molecule has 17 heavy (non-hydrogen) atoms. The Labute approximate surface area is 100 Å². The second-order valence-electron chi connectivity index (χ2n) is 4.21. The third-order valence-electron chi connectivity index (χ3n) is 2.17. The molecule has 1 aromatic rings. The molecule has 0 saturated heterocycles. The van der Waals surface area contributed by atoms with Crippen molar-refractivity contribution < 1.29 is 10.0 Å². The predicted molar refractivity (Wildman–Crippen MR) is 67.0 cm³/mol. The predicted octanol–water partition coefficient (Wildman–Crippen LogP) is 1.77. The monoisotopic (exact) mass is 235 g/mol. The summed E-state index contributed by atoms with van der Waals surface area (Å²) in [5.74, 6) is 0.355. The average molecular weight is 235 g/mol. The molecule has 0 saturated carbocycles. The van der Waals surface area contributed by atoms with Crippen LogP contribution in [0.3, 0.4) is 0 Å². The van der Waals surface area contributed by atoms with Gasteiger partial charge in [-0.25, -0.2) is 0 Å². The molecular formula is C12H17N3O2. The lowest BCUT2D eigenvalue weighted by molar-refractivity contribution is -0.116. The maximum Gasteiger partial charge on any atom is 0.224 e. The summed E-state index contributed by atoms with van der Waals surface area (Å²) in [4.78, 5) is 11.5. The van der Waals surface area contributed by atoms with Gasteiger partial charge >= 0.3 is 0 Å². The number of amides is 1. The summed E-state index contributed by atoms with van der Waals surface area (Å²) in [6, 6.07) is 6.79. The molecule has 0 bridgehead atoms. The van der Waals surface area contributed by atoms with Crippen LogP contribution in [-0.2, 0) is 4.79 Å². The van der Waals surface area contributed by atoms with E-state index in [0.717, 1.165) is 0 Å². The maximum absolute atomic E-state index is 11.5. The van der Waals surface area contributed by atoms with Gasteiger partial charge in [-0.3, -0.25) is 4.79 Å². The molecule has 5 heteroatoms. The number of amidine groups is 1. The molecule has 1 aromatic carbocycles. The average Bonchev–Trinajstić information content (AvgIpc) is 2.28. The zero-order chi connectivity index (χ0) is 12.8. The van der Waals surface area contributed by atoms with Crippen molar-refractivity contribution in [2.45, 2.75) is 20.3 Å². The van der Waals surface area contributed by atoms with Crippen LogP contribution in [-0.4, -0.2) is 17.0 Å². The molecule has 0 heterocycles. The number of oxime groups is 1. The molecule has 4 N–H and O–H groups in total. The number of benzene rings is 1. The van der Waals surface area contributed by atoms with Gasteiger partial charge in [0, 0.05) is 17.7 Å². The topological polar surface area (TPSA) is 87.7 Å². The lowest BCUT2D eigenvalue weighted by atomic mass is 10.1. The largest absolute Gasteiger partial charge is 0.409 e. The molecule has 0 radical (unpaired) electrons. The summed E-state index contributed by atoms with van der Waals surface area (Å²) in [6.45, 7) is 3.97. The molecular weight excluding hydrogens is 218 g/mol. The van der Waals surface area contributed by atoms with Gasteiger partial charge in [0.2, 0.25) is 5.91 Å². The van der Waals surface area contributed by atoms with Crippen molar-refractivity contribution in [2.24, 2.45) is 16.8 Å². The summed E-state index contributed by atoms with van der Waals surface area (Å²) in [5, 5.41) is 14.2. The molecule has 0 unspecified atom stereocenters. The SMILES string of the molecule is CC(C)CC(=O)Nc1ccc(C(N)=NO)cc1. The fourth-order valence-electron chi connectivity index (χ4n) is 1.36. The Kier molecular flexibility index (Phi) is 4.51. The first-order chi connectivity index (χ1) is 8.02. The smallest absolute Gasteiger partial charge is 0.224 e. The fourth-order valence-corrected chi connectivity index (χ4v) is 1.36. The van der Waals surface area contributed by atoms with Crippen LogP contribution in [0.4, 0.5) is 5.69 Å². The summed E-state index contributed by atoms with van der Waals surface area (Å²) >= 11 is 0. The van der Waals surface area contributed by atoms with E-state index in [2.05, 4.69) is 10.5 Å². The van der Waals surface area contributed by atoms with E-state index >= 15 is 0 Å². The lowest BCUT2D eigenvalue weighted by Crippen LogP contribution is -2.15. The number of nitrogens with zero attached hydrogens (tertiary/aromatic N) is 1. The van der Waals surface area contributed by atoms with Gasteiger partial charge in [-0.1, -0.05) is 19.0 Å². The Balaban J connectivity index is 2.66. The first-order valence-electron chi connectivity index (χ1n) is 5.40. The van der Waals surface area contributed by atoms with Crippen LogP contribution >= 0.6 is 0 Å². The standard InChI is InChI=1S/C12H17N3O2/c1-8(2)7-11(16)14-10-5-3-9(4-6-10)12(13)15-17/h3-6,8,17H,7H2,1-2H3,(H2,13,15)(H,14,16). The molecule has 0 aromatic heterocycles. The molecule has 0 atom stereocenters. The van der Waals surface area contributed by atoms with E-state index in [9.17, 15) is 4.79 Å². The lowest BCUT2D eigenvalue weighted by Gasteiger charge is -2.07. The highest BCUT2D eigenvalue weighted by Crippen LogP contribution is 2.11. The normalized spacial score (nSPS) is 11.6. The summed E-state index contributed by atoms with van der Waals surface area (Å²) in [5.41, 5.74) is 6.73. The molecule has 1 amide bonds. The Bertz CT molecular complexity index is 410. The fraction of sp³-hybridized carbons (Fsp3) is 0.333. The van der Waals surface area contributed by atoms with E-state index in [4.69, 9.17) is 10.9 Å². The van der Waals surface area contributed by atoms with Crippen LogP contribution in [0.1, 0.15) is 25.8 Å². The summed E-state index contributed by atoms with van der Waals surface area (Å²) in [7, 11) is 0. The van der Waals surface area contributed by atoms with Gasteiger partial charge in [-0.15, -0.1) is 0 Å². The van der Waals surface area contributed by atoms with E-state index in [1.807, 2.05) is 13.8 Å². The highest BCUT2D eigenvalue weighted by molar-refractivity contribution is 5.98. The van der Waals surface area contributed by atoms with Gasteiger partial charge in [0.15, 0.2) is 5.84 Å². The number of rotatable bonds is 4. The summed E-state index contributed by atoms with van der Waals surface area (Å²) < 4.78 is 0. The van der Waals surface area contributed by atoms with Crippen LogP contribution in [0.5, 0.6) is 0 Å². The summed E-state index contributed by atoms with van der Waals surface area (Å²) in [6.07, 6.45) is 0.488. The van der Waals surface area contributed by atoms with Crippen molar-refractivity contribution in [1.29, 1.82) is 0 Å². The number of hydrogen-bond donors (Lipinski definition) is 3. The third kappa shape index (κ3) is 4.14. The molecule has 1 rings (SSSR count). The molecule has 0 spiro atoms. The van der Waals surface area contributed by atoms with Crippen LogP contribution in [0.25, 0.3) is 0 Å². The van der Waals surface area contributed by atoms with Gasteiger partial charge < -0.3 is 16.3 Å². The van der Waals surface area contributed by atoms with Crippen molar-refractivity contribution in [3.8, 4) is 0 Å². The van der Waals surface area contributed by atoms with Gasteiger partial charge in [0.1, 0.15) is 0 Å². The second-order valence-corrected chi connectivity index (χ2v) is 4.21. The van der Waals surface area contributed by atoms with Crippen molar-refractivity contribution >= 4 is 17.4 Å². The zero-order valence-corrected chi connectivity index (χ0v) is 9.97. The Morgan fingerprint density at radius 2 is 2.00 bits per heavy atom. The number of carbonyl (C=O) groups is 1. The Morgan fingerprint density at radius 3 is 2.47 bits per heavy atom. The van der Waals surface area contributed by atoms with Crippen LogP contribution in [0.2, 0.25) is 0 Å². The maximum atomic E-state index is 11.5. The van der Waals surface area contributed by atoms with Gasteiger partial charge in [-0.2, -0.15) is 0 Å².